The number of rotatable bonds is 5. The first-order valence-electron chi connectivity index (χ1n) is 9.75. The number of fused-ring (bicyclic) bond motifs is 1. The largest absolute Gasteiger partial charge is 0.497 e. The van der Waals surface area contributed by atoms with Crippen LogP contribution in [0.1, 0.15) is 5.56 Å². The molecule has 6 nitrogen and oxygen atoms in total. The van der Waals surface area contributed by atoms with Crippen LogP contribution in [0.3, 0.4) is 0 Å². The molecular weight excluding hydrogens is 393 g/mol. The molecule has 0 radical (unpaired) electrons. The summed E-state index contributed by atoms with van der Waals surface area (Å²) < 4.78 is 21.1. The summed E-state index contributed by atoms with van der Waals surface area (Å²) in [4.78, 5) is 13.5. The molecule has 0 bridgehead atoms. The Bertz CT molecular complexity index is 1350. The van der Waals surface area contributed by atoms with E-state index in [1.165, 1.54) is 6.07 Å². The van der Waals surface area contributed by atoms with E-state index in [0.717, 1.165) is 22.3 Å². The average Bonchev–Trinajstić information content (AvgIpc) is 3.19. The first-order valence-corrected chi connectivity index (χ1v) is 9.75. The third-order valence-corrected chi connectivity index (χ3v) is 5.07. The maximum Gasteiger partial charge on any atom is 0.180 e. The Balaban J connectivity index is 1.52. The van der Waals surface area contributed by atoms with E-state index in [-0.39, 0.29) is 12.4 Å². The number of nitrogens with zero attached hydrogens (tertiary/aromatic N) is 5. The second kappa shape index (κ2) is 7.95. The summed E-state index contributed by atoms with van der Waals surface area (Å²) in [6.45, 7) is 0.268. The van der Waals surface area contributed by atoms with Crippen LogP contribution in [0.4, 0.5) is 4.39 Å². The predicted octanol–water partition coefficient (Wildman–Crippen LogP) is 4.75. The van der Waals surface area contributed by atoms with E-state index in [9.17, 15) is 4.39 Å². The third kappa shape index (κ3) is 3.61. The van der Waals surface area contributed by atoms with Crippen molar-refractivity contribution in [2.24, 2.45) is 0 Å². The molecule has 0 atom stereocenters. The highest BCUT2D eigenvalue weighted by Crippen LogP contribution is 2.27. The molecule has 2 aromatic carbocycles. The summed E-state index contributed by atoms with van der Waals surface area (Å²) in [5.74, 6) is 1.01. The van der Waals surface area contributed by atoms with E-state index in [1.807, 2.05) is 36.4 Å². The molecule has 0 amide bonds. The van der Waals surface area contributed by atoms with Crippen LogP contribution in [0.25, 0.3) is 33.7 Å². The Morgan fingerprint density at radius 2 is 1.65 bits per heavy atom. The van der Waals surface area contributed by atoms with Crippen molar-refractivity contribution in [2.45, 2.75) is 6.54 Å². The van der Waals surface area contributed by atoms with E-state index >= 15 is 0 Å². The Morgan fingerprint density at radius 3 is 2.39 bits per heavy atom. The van der Waals surface area contributed by atoms with E-state index < -0.39 is 0 Å². The zero-order valence-electron chi connectivity index (χ0n) is 16.7. The van der Waals surface area contributed by atoms with E-state index in [4.69, 9.17) is 4.74 Å². The first kappa shape index (κ1) is 18.9. The number of ether oxygens (including phenoxy) is 1. The van der Waals surface area contributed by atoms with Crippen LogP contribution in [0.15, 0.2) is 79.3 Å². The number of pyridine rings is 1. The van der Waals surface area contributed by atoms with Crippen molar-refractivity contribution in [1.82, 2.24) is 24.7 Å². The lowest BCUT2D eigenvalue weighted by molar-refractivity contribution is 0.415. The van der Waals surface area contributed by atoms with Crippen molar-refractivity contribution in [3.63, 3.8) is 0 Å². The lowest BCUT2D eigenvalue weighted by atomic mass is 10.1. The number of aromatic nitrogens is 5. The predicted molar refractivity (Wildman–Crippen MR) is 116 cm³/mol. The van der Waals surface area contributed by atoms with Gasteiger partial charge < -0.3 is 4.74 Å². The lowest BCUT2D eigenvalue weighted by Gasteiger charge is -2.04. The molecule has 0 aliphatic heterocycles. The highest BCUT2D eigenvalue weighted by molar-refractivity contribution is 5.89. The van der Waals surface area contributed by atoms with E-state index in [1.54, 1.807) is 48.6 Å². The molecule has 152 valence electrons. The highest BCUT2D eigenvalue weighted by atomic mass is 19.1. The van der Waals surface area contributed by atoms with E-state index in [2.05, 4.69) is 20.1 Å². The molecule has 0 fully saturated rings. The molecule has 0 aliphatic carbocycles. The fraction of sp³-hybridized carbons (Fsp3) is 0.0833. The van der Waals surface area contributed by atoms with Gasteiger partial charge in [-0.2, -0.15) is 5.10 Å². The van der Waals surface area contributed by atoms with Crippen molar-refractivity contribution < 1.29 is 9.13 Å². The second-order valence-electron chi connectivity index (χ2n) is 7.00. The molecule has 0 unspecified atom stereocenters. The Morgan fingerprint density at radius 1 is 0.871 bits per heavy atom. The van der Waals surface area contributed by atoms with Gasteiger partial charge in [0.05, 0.1) is 19.0 Å². The topological polar surface area (TPSA) is 65.7 Å². The lowest BCUT2D eigenvalue weighted by Crippen LogP contribution is -2.04. The van der Waals surface area contributed by atoms with Crippen LogP contribution in [0, 0.1) is 5.82 Å². The SMILES string of the molecule is COc1ccc(-c2cnc(-c3nn(Cc4ccccc4F)c4ncccc34)nc2)cc1. The summed E-state index contributed by atoms with van der Waals surface area (Å²) in [5.41, 5.74) is 3.69. The Kier molecular flexibility index (Phi) is 4.84. The molecule has 0 aliphatic rings. The first-order chi connectivity index (χ1) is 15.2. The number of halogens is 1. The van der Waals surface area contributed by atoms with Gasteiger partial charge in [-0.1, -0.05) is 30.3 Å². The summed E-state index contributed by atoms with van der Waals surface area (Å²) >= 11 is 0. The van der Waals surface area contributed by atoms with Crippen LogP contribution < -0.4 is 4.74 Å². The van der Waals surface area contributed by atoms with Gasteiger partial charge in [-0.05, 0) is 35.9 Å². The number of hydrogen-bond donors (Lipinski definition) is 0. The van der Waals surface area contributed by atoms with Gasteiger partial charge in [-0.15, -0.1) is 0 Å². The second-order valence-corrected chi connectivity index (χ2v) is 7.00. The minimum atomic E-state index is -0.274. The van der Waals surface area contributed by atoms with Crippen molar-refractivity contribution in [3.05, 3.63) is 90.6 Å². The fourth-order valence-electron chi connectivity index (χ4n) is 3.46. The molecule has 0 N–H and O–H groups in total. The van der Waals surface area contributed by atoms with Gasteiger partial charge in [0.2, 0.25) is 0 Å². The average molecular weight is 411 g/mol. The van der Waals surface area contributed by atoms with E-state index in [0.29, 0.717) is 22.7 Å². The van der Waals surface area contributed by atoms with Crippen molar-refractivity contribution in [2.75, 3.05) is 7.11 Å². The maximum absolute atomic E-state index is 14.2. The summed E-state index contributed by atoms with van der Waals surface area (Å²) in [6, 6.07) is 18.1. The fourth-order valence-corrected chi connectivity index (χ4v) is 3.46. The van der Waals surface area contributed by atoms with Crippen molar-refractivity contribution in [3.8, 4) is 28.4 Å². The quantitative estimate of drug-likeness (QED) is 0.418. The summed E-state index contributed by atoms with van der Waals surface area (Å²) in [6.07, 6.45) is 5.23. The van der Waals surface area contributed by atoms with Gasteiger partial charge in [0.25, 0.3) is 0 Å². The standard InChI is InChI=1S/C24H18FN5O/c1-31-19-10-8-16(9-11-19)18-13-27-23(28-14-18)22-20-6-4-12-26-24(20)30(29-22)15-17-5-2-3-7-21(17)25/h2-14H,15H2,1H3. The zero-order valence-corrected chi connectivity index (χ0v) is 16.7. The van der Waals surface area contributed by atoms with Gasteiger partial charge in [-0.25, -0.2) is 24.0 Å². The summed E-state index contributed by atoms with van der Waals surface area (Å²) in [7, 11) is 1.64. The molecule has 0 spiro atoms. The van der Waals surface area contributed by atoms with Gasteiger partial charge in [0.15, 0.2) is 11.5 Å². The molecular formula is C24H18FN5O. The van der Waals surface area contributed by atoms with Crippen LogP contribution in [-0.4, -0.2) is 31.8 Å². The zero-order chi connectivity index (χ0) is 21.2. The van der Waals surface area contributed by atoms with Crippen molar-refractivity contribution in [1.29, 1.82) is 0 Å². The number of benzene rings is 2. The number of hydrogen-bond acceptors (Lipinski definition) is 5. The minimum absolute atomic E-state index is 0.268. The van der Waals surface area contributed by atoms with Gasteiger partial charge in [0, 0.05) is 29.7 Å². The van der Waals surface area contributed by atoms with Gasteiger partial charge >= 0.3 is 0 Å². The molecule has 0 saturated heterocycles. The Labute approximate surface area is 178 Å². The molecule has 0 saturated carbocycles. The van der Waals surface area contributed by atoms with Crippen LogP contribution in [-0.2, 0) is 6.54 Å². The molecule has 3 heterocycles. The van der Waals surface area contributed by atoms with Crippen molar-refractivity contribution >= 4 is 11.0 Å². The molecule has 31 heavy (non-hydrogen) atoms. The highest BCUT2D eigenvalue weighted by Gasteiger charge is 2.16. The normalized spacial score (nSPS) is 11.0. The minimum Gasteiger partial charge on any atom is -0.497 e. The third-order valence-electron chi connectivity index (χ3n) is 5.07. The van der Waals surface area contributed by atoms with Gasteiger partial charge in [-0.3, -0.25) is 0 Å². The molecule has 3 aromatic heterocycles. The molecule has 5 rings (SSSR count). The Hall–Kier alpha value is -4.13. The van der Waals surface area contributed by atoms with Crippen LogP contribution in [0.2, 0.25) is 0 Å². The van der Waals surface area contributed by atoms with Gasteiger partial charge in [0.1, 0.15) is 17.3 Å². The maximum atomic E-state index is 14.2. The van der Waals surface area contributed by atoms with Crippen LogP contribution in [0.5, 0.6) is 5.75 Å². The summed E-state index contributed by atoms with van der Waals surface area (Å²) in [5, 5.41) is 5.48. The molecule has 7 heteroatoms. The number of methoxy groups -OCH3 is 1. The van der Waals surface area contributed by atoms with Crippen LogP contribution >= 0.6 is 0 Å². The monoisotopic (exact) mass is 411 g/mol. The molecule has 5 aromatic rings. The smallest absolute Gasteiger partial charge is 0.180 e.